The van der Waals surface area contributed by atoms with Crippen LogP contribution in [0.1, 0.15) is 19.4 Å². The Labute approximate surface area is 93.0 Å². The number of halogens is 2. The maximum Gasteiger partial charge on any atom is 0.315 e. The molecule has 0 N–H and O–H groups in total. The first kappa shape index (κ1) is 12.0. The molecule has 0 aliphatic heterocycles. The predicted octanol–water partition coefficient (Wildman–Crippen LogP) is 2.93. The maximum atomic E-state index is 12.9. The summed E-state index contributed by atoms with van der Waals surface area (Å²) < 4.78 is 17.6. The minimum atomic E-state index is -0.827. The molecule has 0 heterocycles. The summed E-state index contributed by atoms with van der Waals surface area (Å²) >= 11 is 5.64. The Hall–Kier alpha value is -1.09. The number of hydrogen-bond acceptors (Lipinski definition) is 2. The van der Waals surface area contributed by atoms with Crippen LogP contribution in [-0.4, -0.2) is 13.1 Å². The molecule has 0 fully saturated rings. The fraction of sp³-hybridized carbons (Fsp3) is 0.364. The monoisotopic (exact) mass is 230 g/mol. The number of hydrogen-bond donors (Lipinski definition) is 0. The van der Waals surface area contributed by atoms with Gasteiger partial charge in [-0.05, 0) is 31.5 Å². The van der Waals surface area contributed by atoms with Gasteiger partial charge in [0.05, 0.1) is 17.5 Å². The molecule has 82 valence electrons. The van der Waals surface area contributed by atoms with E-state index >= 15 is 0 Å². The van der Waals surface area contributed by atoms with Crippen LogP contribution in [0, 0.1) is 5.82 Å². The van der Waals surface area contributed by atoms with E-state index in [1.807, 2.05) is 0 Å². The molecule has 0 unspecified atom stereocenters. The third kappa shape index (κ3) is 2.29. The van der Waals surface area contributed by atoms with Crippen LogP contribution in [0.4, 0.5) is 4.39 Å². The van der Waals surface area contributed by atoms with E-state index in [0.717, 1.165) is 0 Å². The zero-order valence-corrected chi connectivity index (χ0v) is 9.56. The van der Waals surface area contributed by atoms with Crippen LogP contribution >= 0.6 is 11.6 Å². The summed E-state index contributed by atoms with van der Waals surface area (Å²) in [6, 6.07) is 4.20. The van der Waals surface area contributed by atoms with Crippen molar-refractivity contribution in [2.75, 3.05) is 7.11 Å². The lowest BCUT2D eigenvalue weighted by Gasteiger charge is -2.22. The van der Waals surface area contributed by atoms with E-state index in [-0.39, 0.29) is 11.0 Å². The molecule has 15 heavy (non-hydrogen) atoms. The molecule has 0 saturated carbocycles. The second kappa shape index (κ2) is 4.19. The smallest absolute Gasteiger partial charge is 0.315 e. The Morgan fingerprint density at radius 2 is 2.07 bits per heavy atom. The number of benzene rings is 1. The second-order valence-corrected chi connectivity index (χ2v) is 4.15. The predicted molar refractivity (Wildman–Crippen MR) is 56.5 cm³/mol. The molecule has 0 aliphatic rings. The molecule has 0 aromatic heterocycles. The normalized spacial score (nSPS) is 11.3. The van der Waals surface area contributed by atoms with E-state index in [4.69, 9.17) is 11.6 Å². The van der Waals surface area contributed by atoms with Crippen molar-refractivity contribution in [3.05, 3.63) is 34.6 Å². The van der Waals surface area contributed by atoms with Gasteiger partial charge >= 0.3 is 5.97 Å². The van der Waals surface area contributed by atoms with Gasteiger partial charge in [0.15, 0.2) is 0 Å². The Morgan fingerprint density at radius 3 is 2.53 bits per heavy atom. The Kier molecular flexibility index (Phi) is 3.35. The first-order chi connectivity index (χ1) is 6.89. The van der Waals surface area contributed by atoms with Gasteiger partial charge < -0.3 is 4.74 Å². The number of rotatable bonds is 2. The van der Waals surface area contributed by atoms with Crippen LogP contribution in [0.25, 0.3) is 0 Å². The molecule has 0 saturated heterocycles. The summed E-state index contributed by atoms with van der Waals surface area (Å²) in [5.74, 6) is -0.883. The Bertz CT molecular complexity index is 388. The highest BCUT2D eigenvalue weighted by Gasteiger charge is 2.31. The average Bonchev–Trinajstić information content (AvgIpc) is 2.20. The summed E-state index contributed by atoms with van der Waals surface area (Å²) in [5.41, 5.74) is -0.202. The highest BCUT2D eigenvalue weighted by molar-refractivity contribution is 6.30. The van der Waals surface area contributed by atoms with Crippen LogP contribution < -0.4 is 0 Å². The van der Waals surface area contributed by atoms with Crippen molar-refractivity contribution in [2.45, 2.75) is 19.3 Å². The van der Waals surface area contributed by atoms with Crippen molar-refractivity contribution in [3.8, 4) is 0 Å². The van der Waals surface area contributed by atoms with Crippen molar-refractivity contribution >= 4 is 17.6 Å². The van der Waals surface area contributed by atoms with E-state index in [0.29, 0.717) is 5.56 Å². The molecule has 2 nitrogen and oxygen atoms in total. The third-order valence-electron chi connectivity index (χ3n) is 2.34. The average molecular weight is 231 g/mol. The summed E-state index contributed by atoms with van der Waals surface area (Å²) in [6.07, 6.45) is 0. The number of methoxy groups -OCH3 is 1. The van der Waals surface area contributed by atoms with Crippen LogP contribution in [0.2, 0.25) is 5.02 Å². The molecule has 0 radical (unpaired) electrons. The second-order valence-electron chi connectivity index (χ2n) is 3.75. The molecule has 0 aliphatic carbocycles. The van der Waals surface area contributed by atoms with Crippen LogP contribution in [-0.2, 0) is 14.9 Å². The van der Waals surface area contributed by atoms with Crippen molar-refractivity contribution in [1.82, 2.24) is 0 Å². The van der Waals surface area contributed by atoms with Crippen molar-refractivity contribution in [1.29, 1.82) is 0 Å². The van der Waals surface area contributed by atoms with Crippen LogP contribution in [0.5, 0.6) is 0 Å². The molecule has 1 rings (SSSR count). The maximum absolute atomic E-state index is 12.9. The molecule has 0 bridgehead atoms. The first-order valence-corrected chi connectivity index (χ1v) is 4.81. The van der Waals surface area contributed by atoms with Gasteiger partial charge in [-0.2, -0.15) is 0 Å². The fourth-order valence-electron chi connectivity index (χ4n) is 1.26. The van der Waals surface area contributed by atoms with E-state index in [1.54, 1.807) is 13.8 Å². The van der Waals surface area contributed by atoms with E-state index in [1.165, 1.54) is 25.3 Å². The first-order valence-electron chi connectivity index (χ1n) is 4.43. The van der Waals surface area contributed by atoms with Gasteiger partial charge in [-0.25, -0.2) is 4.39 Å². The SMILES string of the molecule is COC(=O)C(C)(C)c1ccc(F)c(Cl)c1. The minimum Gasteiger partial charge on any atom is -0.468 e. The van der Waals surface area contributed by atoms with Gasteiger partial charge in [-0.15, -0.1) is 0 Å². The molecule has 1 aromatic rings. The highest BCUT2D eigenvalue weighted by atomic mass is 35.5. The van der Waals surface area contributed by atoms with Gasteiger partial charge in [-0.1, -0.05) is 17.7 Å². The standard InChI is InChI=1S/C11H12ClFO2/c1-11(2,10(14)15-3)7-4-5-9(13)8(12)6-7/h4-6H,1-3H3. The minimum absolute atomic E-state index is 0.00415. The van der Waals surface area contributed by atoms with Gasteiger partial charge in [0.25, 0.3) is 0 Å². The van der Waals surface area contributed by atoms with E-state index < -0.39 is 11.2 Å². The molecule has 4 heteroatoms. The lowest BCUT2D eigenvalue weighted by atomic mass is 9.85. The number of carbonyl (C=O) groups excluding carboxylic acids is 1. The quantitative estimate of drug-likeness (QED) is 0.731. The van der Waals surface area contributed by atoms with E-state index in [2.05, 4.69) is 4.74 Å². The van der Waals surface area contributed by atoms with Crippen molar-refractivity contribution < 1.29 is 13.9 Å². The molecule has 0 amide bonds. The highest BCUT2D eigenvalue weighted by Crippen LogP contribution is 2.28. The third-order valence-corrected chi connectivity index (χ3v) is 2.63. The van der Waals surface area contributed by atoms with Crippen LogP contribution in [0.15, 0.2) is 18.2 Å². The zero-order valence-electron chi connectivity index (χ0n) is 8.80. The topological polar surface area (TPSA) is 26.3 Å². The summed E-state index contributed by atoms with van der Waals surface area (Å²) in [4.78, 5) is 11.5. The largest absolute Gasteiger partial charge is 0.468 e. The number of ether oxygens (including phenoxy) is 1. The lowest BCUT2D eigenvalue weighted by Crippen LogP contribution is -2.30. The van der Waals surface area contributed by atoms with Gasteiger partial charge in [-0.3, -0.25) is 4.79 Å². The summed E-state index contributed by atoms with van der Waals surface area (Å²) in [5, 5.41) is 0.00415. The number of carbonyl (C=O) groups is 1. The van der Waals surface area contributed by atoms with Gasteiger partial charge in [0, 0.05) is 0 Å². The van der Waals surface area contributed by atoms with Crippen molar-refractivity contribution in [2.24, 2.45) is 0 Å². The molecular formula is C11H12ClFO2. The Morgan fingerprint density at radius 1 is 1.47 bits per heavy atom. The molecule has 1 aromatic carbocycles. The summed E-state index contributed by atoms with van der Waals surface area (Å²) in [6.45, 7) is 3.39. The van der Waals surface area contributed by atoms with E-state index in [9.17, 15) is 9.18 Å². The lowest BCUT2D eigenvalue weighted by molar-refractivity contribution is -0.146. The molecule has 0 spiro atoms. The summed E-state index contributed by atoms with van der Waals surface area (Å²) in [7, 11) is 1.31. The number of esters is 1. The van der Waals surface area contributed by atoms with Crippen LogP contribution in [0.3, 0.4) is 0 Å². The molecule has 0 atom stereocenters. The molecular weight excluding hydrogens is 219 g/mol. The van der Waals surface area contributed by atoms with Crippen molar-refractivity contribution in [3.63, 3.8) is 0 Å². The van der Waals surface area contributed by atoms with Gasteiger partial charge in [0.1, 0.15) is 5.82 Å². The Balaban J connectivity index is 3.16. The zero-order chi connectivity index (χ0) is 11.6. The van der Waals surface area contributed by atoms with Gasteiger partial charge in [0.2, 0.25) is 0 Å². The fourth-order valence-corrected chi connectivity index (χ4v) is 1.44.